The number of piperidine rings is 1. The number of nitrogens with zero attached hydrogens (tertiary/aromatic N) is 1. The molecule has 3 rings (SSSR count). The van der Waals surface area contributed by atoms with Crippen molar-refractivity contribution in [1.82, 2.24) is 10.2 Å². The number of carbonyl (C=O) groups excluding carboxylic acids is 2. The van der Waals surface area contributed by atoms with E-state index in [-0.39, 0.29) is 32.5 Å². The van der Waals surface area contributed by atoms with E-state index in [1.807, 2.05) is 0 Å². The molecule has 1 aromatic rings. The quantitative estimate of drug-likeness (QED) is 0.588. The molecule has 2 fully saturated rings. The van der Waals surface area contributed by atoms with Crippen LogP contribution in [0.2, 0.25) is 0 Å². The third-order valence-corrected chi connectivity index (χ3v) is 4.69. The van der Waals surface area contributed by atoms with E-state index in [4.69, 9.17) is 9.47 Å². The number of alkyl halides is 3. The second-order valence-corrected chi connectivity index (χ2v) is 6.79. The first-order valence-corrected chi connectivity index (χ1v) is 8.31. The Morgan fingerprint density at radius 2 is 1.93 bits per heavy atom. The Morgan fingerprint density at radius 1 is 1.26 bits per heavy atom. The van der Waals surface area contributed by atoms with E-state index in [2.05, 4.69) is 5.32 Å². The monoisotopic (exact) mass is 388 g/mol. The molecule has 1 spiro atoms. The van der Waals surface area contributed by atoms with Crippen molar-refractivity contribution in [3.8, 4) is 0 Å². The van der Waals surface area contributed by atoms with Gasteiger partial charge in [0.25, 0.3) is 0 Å². The molecule has 1 unspecified atom stereocenters. The molecule has 0 radical (unpaired) electrons. The predicted octanol–water partition coefficient (Wildman–Crippen LogP) is 1.01. The van der Waals surface area contributed by atoms with Crippen molar-refractivity contribution < 1.29 is 37.3 Å². The molecule has 0 bridgehead atoms. The molecule has 10 heteroatoms. The number of carbonyl (C=O) groups is 2. The van der Waals surface area contributed by atoms with Gasteiger partial charge in [-0.3, -0.25) is 0 Å². The molecule has 148 valence electrons. The number of halogens is 3. The fourth-order valence-corrected chi connectivity index (χ4v) is 3.47. The summed E-state index contributed by atoms with van der Waals surface area (Å²) in [4.78, 5) is 24.7. The van der Waals surface area contributed by atoms with Gasteiger partial charge < -0.3 is 19.9 Å². The van der Waals surface area contributed by atoms with Gasteiger partial charge >= 0.3 is 24.0 Å². The fourth-order valence-electron chi connectivity index (χ4n) is 3.47. The summed E-state index contributed by atoms with van der Waals surface area (Å²) in [5.74, 6) is -4.23. The Morgan fingerprint density at radius 3 is 2.52 bits per heavy atom. The molecule has 2 aliphatic rings. The fraction of sp³-hybridized carbons (Fsp3) is 0.529. The lowest BCUT2D eigenvalue weighted by Crippen LogP contribution is -2.62. The molecule has 1 atom stereocenters. The van der Waals surface area contributed by atoms with Crippen molar-refractivity contribution in [2.45, 2.75) is 37.1 Å². The van der Waals surface area contributed by atoms with Gasteiger partial charge in [0.15, 0.2) is 0 Å². The molecule has 0 amide bonds. The van der Waals surface area contributed by atoms with E-state index in [0.717, 1.165) is 12.1 Å². The summed E-state index contributed by atoms with van der Waals surface area (Å²) in [6, 6.07) is 4.71. The molecule has 27 heavy (non-hydrogen) atoms. The van der Waals surface area contributed by atoms with E-state index >= 15 is 0 Å². The minimum absolute atomic E-state index is 0.0554. The maximum absolute atomic E-state index is 12.9. The second kappa shape index (κ2) is 6.77. The molecule has 2 saturated heterocycles. The molecule has 0 aromatic heterocycles. The maximum atomic E-state index is 12.9. The SMILES string of the molecule is CNCC1(O)CCN(Cc2cccc(C(F)(F)F)c2)C2(C1)OC(=O)C(=O)O2. The topological polar surface area (TPSA) is 88.1 Å². The average Bonchev–Trinajstić information content (AvgIpc) is 2.84. The van der Waals surface area contributed by atoms with Crippen LogP contribution in [0.4, 0.5) is 13.2 Å². The molecule has 0 aliphatic carbocycles. The first-order chi connectivity index (χ1) is 12.6. The van der Waals surface area contributed by atoms with Crippen LogP contribution in [0.15, 0.2) is 24.3 Å². The van der Waals surface area contributed by atoms with Crippen molar-refractivity contribution in [1.29, 1.82) is 0 Å². The first-order valence-electron chi connectivity index (χ1n) is 8.31. The number of likely N-dealkylation sites (N-methyl/N-ethyl adjacent to an activating group) is 1. The van der Waals surface area contributed by atoms with E-state index in [1.165, 1.54) is 17.0 Å². The summed E-state index contributed by atoms with van der Waals surface area (Å²) in [5, 5.41) is 13.5. The highest BCUT2D eigenvalue weighted by Gasteiger charge is 2.59. The summed E-state index contributed by atoms with van der Waals surface area (Å²) >= 11 is 0. The van der Waals surface area contributed by atoms with Gasteiger partial charge in [0.1, 0.15) is 0 Å². The number of ether oxygens (including phenoxy) is 2. The first kappa shape index (κ1) is 19.6. The minimum atomic E-state index is -4.49. The number of likely N-dealkylation sites (tertiary alicyclic amines) is 1. The zero-order valence-corrected chi connectivity index (χ0v) is 14.5. The highest BCUT2D eigenvalue weighted by molar-refractivity contribution is 6.31. The molecule has 2 heterocycles. The van der Waals surface area contributed by atoms with Crippen LogP contribution in [0.5, 0.6) is 0 Å². The van der Waals surface area contributed by atoms with Gasteiger partial charge in [0, 0.05) is 19.6 Å². The smallest absolute Gasteiger partial charge is 0.400 e. The maximum Gasteiger partial charge on any atom is 0.421 e. The van der Waals surface area contributed by atoms with Gasteiger partial charge in [-0.05, 0) is 25.1 Å². The number of hydrogen-bond donors (Lipinski definition) is 2. The Labute approximate surface area is 153 Å². The van der Waals surface area contributed by atoms with Crippen molar-refractivity contribution in [3.63, 3.8) is 0 Å². The largest absolute Gasteiger partial charge is 0.421 e. The number of benzene rings is 1. The van der Waals surface area contributed by atoms with Gasteiger partial charge in [-0.2, -0.15) is 13.2 Å². The summed E-state index contributed by atoms with van der Waals surface area (Å²) in [6.45, 7) is 0.260. The standard InChI is InChI=1S/C17H19F3N2O5/c1-21-10-15(25)5-6-22(16(9-15)26-13(23)14(24)27-16)8-11-3-2-4-12(7-11)17(18,19)20/h2-4,7,21,25H,5-6,8-10H2,1H3. The third kappa shape index (κ3) is 3.92. The molecule has 2 N–H and O–H groups in total. The molecule has 7 nitrogen and oxygen atoms in total. The molecule has 1 aromatic carbocycles. The zero-order valence-electron chi connectivity index (χ0n) is 14.5. The van der Waals surface area contributed by atoms with Crippen LogP contribution < -0.4 is 5.32 Å². The lowest BCUT2D eigenvalue weighted by Gasteiger charge is -2.47. The number of esters is 2. The zero-order chi connectivity index (χ0) is 19.9. The highest BCUT2D eigenvalue weighted by atomic mass is 19.4. The van der Waals surface area contributed by atoms with Crippen molar-refractivity contribution in [2.75, 3.05) is 20.1 Å². The lowest BCUT2D eigenvalue weighted by atomic mass is 9.88. The molecular weight excluding hydrogens is 369 g/mol. The predicted molar refractivity (Wildman–Crippen MR) is 84.9 cm³/mol. The minimum Gasteiger partial charge on any atom is -0.400 e. The average molecular weight is 388 g/mol. The van der Waals surface area contributed by atoms with Gasteiger partial charge in [-0.25, -0.2) is 14.5 Å². The van der Waals surface area contributed by atoms with Crippen LogP contribution in [0, 0.1) is 0 Å². The lowest BCUT2D eigenvalue weighted by molar-refractivity contribution is -0.293. The second-order valence-electron chi connectivity index (χ2n) is 6.79. The number of hydrogen-bond acceptors (Lipinski definition) is 7. The number of aliphatic hydroxyl groups is 1. The van der Waals surface area contributed by atoms with Gasteiger partial charge in [0.2, 0.25) is 0 Å². The van der Waals surface area contributed by atoms with Crippen molar-refractivity contribution in [3.05, 3.63) is 35.4 Å². The summed E-state index contributed by atoms with van der Waals surface area (Å²) < 4.78 is 49.1. The van der Waals surface area contributed by atoms with Crippen LogP contribution in [0.3, 0.4) is 0 Å². The van der Waals surface area contributed by atoms with Gasteiger partial charge in [-0.1, -0.05) is 18.2 Å². The van der Waals surface area contributed by atoms with Gasteiger partial charge in [0.05, 0.1) is 17.6 Å². The molecule has 0 saturated carbocycles. The molecule has 2 aliphatic heterocycles. The normalized spacial score (nSPS) is 25.5. The Hall–Kier alpha value is -2.17. The van der Waals surface area contributed by atoms with E-state index in [1.54, 1.807) is 7.05 Å². The summed E-state index contributed by atoms with van der Waals surface area (Å²) in [6.07, 6.45) is -4.45. The van der Waals surface area contributed by atoms with Crippen LogP contribution in [-0.4, -0.2) is 53.6 Å². The third-order valence-electron chi connectivity index (χ3n) is 4.69. The van der Waals surface area contributed by atoms with Crippen LogP contribution >= 0.6 is 0 Å². The van der Waals surface area contributed by atoms with E-state index in [9.17, 15) is 27.9 Å². The van der Waals surface area contributed by atoms with Crippen LogP contribution in [-0.2, 0) is 31.8 Å². The summed E-state index contributed by atoms with van der Waals surface area (Å²) in [7, 11) is 1.63. The van der Waals surface area contributed by atoms with E-state index in [0.29, 0.717) is 5.56 Å². The molecular formula is C17H19F3N2O5. The Balaban J connectivity index is 1.88. The Kier molecular flexibility index (Phi) is 4.91. The Bertz CT molecular complexity index is 738. The number of nitrogens with one attached hydrogen (secondary N) is 1. The van der Waals surface area contributed by atoms with E-state index < -0.39 is 35.2 Å². The van der Waals surface area contributed by atoms with Crippen LogP contribution in [0.25, 0.3) is 0 Å². The van der Waals surface area contributed by atoms with Crippen LogP contribution in [0.1, 0.15) is 24.0 Å². The number of rotatable bonds is 4. The van der Waals surface area contributed by atoms with Gasteiger partial charge in [-0.15, -0.1) is 0 Å². The summed E-state index contributed by atoms with van der Waals surface area (Å²) in [5.41, 5.74) is -1.80. The van der Waals surface area contributed by atoms with Crippen molar-refractivity contribution >= 4 is 11.9 Å². The van der Waals surface area contributed by atoms with Crippen molar-refractivity contribution in [2.24, 2.45) is 0 Å². The highest BCUT2D eigenvalue weighted by Crippen LogP contribution is 2.40.